The van der Waals surface area contributed by atoms with E-state index in [0.29, 0.717) is 12.3 Å². The Morgan fingerprint density at radius 2 is 1.96 bits per heavy atom. The number of piperidine rings is 1. The van der Waals surface area contributed by atoms with E-state index >= 15 is 0 Å². The van der Waals surface area contributed by atoms with Crippen LogP contribution in [0, 0.1) is 0 Å². The van der Waals surface area contributed by atoms with Crippen molar-refractivity contribution >= 4 is 22.2 Å². The van der Waals surface area contributed by atoms with Gasteiger partial charge in [-0.2, -0.15) is 0 Å². The summed E-state index contributed by atoms with van der Waals surface area (Å²) in [5, 5.41) is 2.40. The van der Waals surface area contributed by atoms with Gasteiger partial charge in [-0.05, 0) is 82.1 Å². The lowest BCUT2D eigenvalue weighted by Crippen LogP contribution is -2.33. The molecule has 1 aromatic heterocycles. The van der Waals surface area contributed by atoms with Gasteiger partial charge in [0.15, 0.2) is 0 Å². The van der Waals surface area contributed by atoms with E-state index < -0.39 is 10.0 Å². The first-order valence-electron chi connectivity index (χ1n) is 9.26. The minimum atomic E-state index is -3.19. The predicted molar refractivity (Wildman–Crippen MR) is 108 cm³/mol. The second-order valence-electron chi connectivity index (χ2n) is 7.36. The Bertz CT molecular complexity index is 930. The molecule has 2 aliphatic rings. The molecule has 1 fully saturated rings. The fourth-order valence-electron chi connectivity index (χ4n) is 3.74. The van der Waals surface area contributed by atoms with E-state index in [9.17, 15) is 8.42 Å². The van der Waals surface area contributed by atoms with Crippen molar-refractivity contribution in [1.82, 2.24) is 14.6 Å². The van der Waals surface area contributed by atoms with E-state index in [1.54, 1.807) is 0 Å². The molecule has 0 amide bonds. The molecule has 0 bridgehead atoms. The van der Waals surface area contributed by atoms with Crippen LogP contribution >= 0.6 is 0 Å². The lowest BCUT2D eigenvalue weighted by molar-refractivity contribution is 0.255. The Balaban J connectivity index is 1.92. The van der Waals surface area contributed by atoms with E-state index in [0.717, 1.165) is 29.6 Å². The zero-order chi connectivity index (χ0) is 18.7. The molecule has 0 unspecified atom stereocenters. The third-order valence-corrected chi connectivity index (χ3v) is 6.73. The van der Waals surface area contributed by atoms with Crippen molar-refractivity contribution in [3.8, 4) is 0 Å². The van der Waals surface area contributed by atoms with Crippen LogP contribution < -0.4 is 15.3 Å². The third-order valence-electron chi connectivity index (χ3n) is 5.36. The minimum absolute atomic E-state index is 0.106. The highest BCUT2D eigenvalue weighted by Gasteiger charge is 2.20. The van der Waals surface area contributed by atoms with Gasteiger partial charge in [-0.3, -0.25) is 0 Å². The molecule has 1 aromatic rings. The molecule has 1 aliphatic carbocycles. The molecule has 0 saturated carbocycles. The van der Waals surface area contributed by atoms with Gasteiger partial charge in [0.1, 0.15) is 0 Å². The maximum Gasteiger partial charge on any atom is 0.211 e. The topological polar surface area (TPSA) is 65.2 Å². The Hall–Kier alpha value is -1.63. The third kappa shape index (κ3) is 4.55. The van der Waals surface area contributed by atoms with Crippen molar-refractivity contribution in [3.05, 3.63) is 45.6 Å². The SMILES string of the molecule is CNS(=O)(=O)CCC1=C/C=c2/c(C3CCN(C)CC3)c[nH]/c2=C/C(C)=C1. The molecule has 3 rings (SSSR count). The van der Waals surface area contributed by atoms with Gasteiger partial charge in [-0.1, -0.05) is 18.2 Å². The number of sulfonamides is 1. The molecule has 1 aliphatic heterocycles. The lowest BCUT2D eigenvalue weighted by atomic mass is 9.90. The first-order valence-corrected chi connectivity index (χ1v) is 10.9. The summed E-state index contributed by atoms with van der Waals surface area (Å²) in [6.45, 7) is 4.33. The highest BCUT2D eigenvalue weighted by molar-refractivity contribution is 7.89. The molecule has 0 radical (unpaired) electrons. The average molecular weight is 376 g/mol. The van der Waals surface area contributed by atoms with E-state index in [4.69, 9.17) is 0 Å². The van der Waals surface area contributed by atoms with Crippen LogP contribution in [0.2, 0.25) is 0 Å². The number of H-pyrrole nitrogens is 1. The number of aromatic amines is 1. The van der Waals surface area contributed by atoms with Crippen LogP contribution in [0.3, 0.4) is 0 Å². The van der Waals surface area contributed by atoms with Crippen LogP contribution in [0.25, 0.3) is 12.2 Å². The van der Waals surface area contributed by atoms with Crippen LogP contribution in [0.5, 0.6) is 0 Å². The molecule has 1 saturated heterocycles. The summed E-state index contributed by atoms with van der Waals surface area (Å²) in [4.78, 5) is 5.82. The van der Waals surface area contributed by atoms with Gasteiger partial charge in [0.25, 0.3) is 0 Å². The molecule has 142 valence electrons. The summed E-state index contributed by atoms with van der Waals surface area (Å²) in [5.41, 5.74) is 3.56. The molecule has 2 N–H and O–H groups in total. The fourth-order valence-corrected chi connectivity index (χ4v) is 4.45. The Morgan fingerprint density at radius 1 is 1.23 bits per heavy atom. The molecule has 2 heterocycles. The van der Waals surface area contributed by atoms with Crippen LogP contribution in [0.1, 0.15) is 37.7 Å². The number of nitrogens with zero attached hydrogens (tertiary/aromatic N) is 1. The van der Waals surface area contributed by atoms with Gasteiger partial charge in [0.05, 0.1) is 5.75 Å². The molecule has 0 aromatic carbocycles. The molecular formula is C20H29N3O2S. The molecule has 6 heteroatoms. The molecule has 0 spiro atoms. The average Bonchev–Trinajstić information content (AvgIpc) is 2.98. The monoisotopic (exact) mass is 375 g/mol. The normalized spacial score (nSPS) is 22.1. The van der Waals surface area contributed by atoms with Gasteiger partial charge in [-0.15, -0.1) is 0 Å². The molecular weight excluding hydrogens is 346 g/mol. The number of fused-ring (bicyclic) bond motifs is 1. The van der Waals surface area contributed by atoms with Crippen molar-refractivity contribution < 1.29 is 8.42 Å². The predicted octanol–water partition coefficient (Wildman–Crippen LogP) is 1.21. The highest BCUT2D eigenvalue weighted by atomic mass is 32.2. The van der Waals surface area contributed by atoms with E-state index in [-0.39, 0.29) is 5.75 Å². The number of hydrogen-bond donors (Lipinski definition) is 2. The molecule has 0 atom stereocenters. The minimum Gasteiger partial charge on any atom is -0.361 e. The summed E-state index contributed by atoms with van der Waals surface area (Å²) in [7, 11) is 0.449. The Morgan fingerprint density at radius 3 is 2.65 bits per heavy atom. The summed E-state index contributed by atoms with van der Waals surface area (Å²) >= 11 is 0. The van der Waals surface area contributed by atoms with E-state index in [2.05, 4.69) is 59.1 Å². The zero-order valence-corrected chi connectivity index (χ0v) is 16.7. The number of aromatic nitrogens is 1. The summed E-state index contributed by atoms with van der Waals surface area (Å²) in [6.07, 6.45) is 13.5. The maximum atomic E-state index is 11.7. The van der Waals surface area contributed by atoms with Crippen molar-refractivity contribution in [2.75, 3.05) is 32.9 Å². The standard InChI is InChI=1S/C20H29N3O2S/c1-15-12-16(8-11-26(24,25)21-2)4-5-18-19(14-22-20(18)13-15)17-6-9-23(3)10-7-17/h4-5,12-14,17,21-22H,6-11H2,1-3H3/b5-4?,15-12?,15-13?,16-4?,16-12?,18-5-,20-13+. The van der Waals surface area contributed by atoms with Crippen molar-refractivity contribution in [3.63, 3.8) is 0 Å². The Labute approximate surface area is 156 Å². The number of likely N-dealkylation sites (tertiary alicyclic amines) is 1. The van der Waals surface area contributed by atoms with E-state index in [1.807, 2.05) is 0 Å². The van der Waals surface area contributed by atoms with Gasteiger partial charge in [0, 0.05) is 16.8 Å². The zero-order valence-electron chi connectivity index (χ0n) is 15.9. The fraction of sp³-hybridized carbons (Fsp3) is 0.500. The Kier molecular flexibility index (Phi) is 5.85. The van der Waals surface area contributed by atoms with Crippen LogP contribution in [0.15, 0.2) is 29.5 Å². The van der Waals surface area contributed by atoms with Crippen molar-refractivity contribution in [1.29, 1.82) is 0 Å². The second-order valence-corrected chi connectivity index (χ2v) is 9.41. The van der Waals surface area contributed by atoms with Gasteiger partial charge in [0.2, 0.25) is 10.0 Å². The maximum absolute atomic E-state index is 11.7. The molecule has 5 nitrogen and oxygen atoms in total. The summed E-state index contributed by atoms with van der Waals surface area (Å²) in [5.74, 6) is 0.690. The number of nitrogens with one attached hydrogen (secondary N) is 2. The number of rotatable bonds is 5. The largest absolute Gasteiger partial charge is 0.361 e. The van der Waals surface area contributed by atoms with Crippen molar-refractivity contribution in [2.45, 2.75) is 32.1 Å². The number of allylic oxidation sites excluding steroid dienone is 4. The lowest BCUT2D eigenvalue weighted by Gasteiger charge is -2.28. The second kappa shape index (κ2) is 7.94. The quantitative estimate of drug-likeness (QED) is 0.813. The van der Waals surface area contributed by atoms with Gasteiger partial charge < -0.3 is 9.88 Å². The number of hydrogen-bond acceptors (Lipinski definition) is 3. The first kappa shape index (κ1) is 19.1. The smallest absolute Gasteiger partial charge is 0.211 e. The van der Waals surface area contributed by atoms with E-state index in [1.165, 1.54) is 30.7 Å². The van der Waals surface area contributed by atoms with Gasteiger partial charge >= 0.3 is 0 Å². The van der Waals surface area contributed by atoms with Crippen LogP contribution in [0.4, 0.5) is 0 Å². The highest BCUT2D eigenvalue weighted by Crippen LogP contribution is 2.24. The molecule has 26 heavy (non-hydrogen) atoms. The van der Waals surface area contributed by atoms with Crippen molar-refractivity contribution in [2.24, 2.45) is 0 Å². The van der Waals surface area contributed by atoms with Crippen LogP contribution in [-0.4, -0.2) is 51.2 Å². The summed E-state index contributed by atoms with van der Waals surface area (Å²) in [6, 6.07) is 0. The van der Waals surface area contributed by atoms with Crippen LogP contribution in [-0.2, 0) is 10.0 Å². The first-order chi connectivity index (χ1) is 12.4. The summed E-state index contributed by atoms with van der Waals surface area (Å²) < 4.78 is 25.9. The van der Waals surface area contributed by atoms with Gasteiger partial charge in [-0.25, -0.2) is 13.1 Å².